The van der Waals surface area contributed by atoms with Crippen LogP contribution in [0.15, 0.2) is 36.7 Å². The Morgan fingerprint density at radius 1 is 1.32 bits per heavy atom. The molecule has 0 saturated carbocycles. The number of amides is 2. The molecule has 0 aliphatic rings. The maximum Gasteiger partial charge on any atom is 0.407 e. The number of alkyl carbamates (subject to hydrolysis) is 1. The molecule has 138 valence electrons. The average Bonchev–Trinajstić information content (AvgIpc) is 2.56. The molecule has 2 atom stereocenters. The molecule has 7 heteroatoms. The zero-order valence-electron chi connectivity index (χ0n) is 15.2. The van der Waals surface area contributed by atoms with Gasteiger partial charge in [-0.1, -0.05) is 32.9 Å². The molecule has 1 heterocycles. The van der Waals surface area contributed by atoms with E-state index in [0.29, 0.717) is 6.54 Å². The number of nitrogens with zero attached hydrogens (tertiary/aromatic N) is 1. The Bertz CT molecular complexity index is 582. The van der Waals surface area contributed by atoms with Crippen LogP contribution in [0.4, 0.5) is 4.79 Å². The third-order valence-corrected chi connectivity index (χ3v) is 3.38. The smallest absolute Gasteiger partial charge is 0.407 e. The van der Waals surface area contributed by atoms with Crippen LogP contribution in [0.3, 0.4) is 0 Å². The average molecular weight is 349 g/mol. The van der Waals surface area contributed by atoms with Gasteiger partial charge in [-0.3, -0.25) is 9.78 Å². The molecule has 0 radical (unpaired) electrons. The van der Waals surface area contributed by atoms with E-state index >= 15 is 0 Å². The number of carbonyl (C=O) groups excluding carboxylic acids is 2. The molecule has 0 unspecified atom stereocenters. The van der Waals surface area contributed by atoms with E-state index in [1.807, 2.05) is 0 Å². The second-order valence-corrected chi connectivity index (χ2v) is 6.65. The zero-order valence-corrected chi connectivity index (χ0v) is 15.2. The second kappa shape index (κ2) is 9.78. The van der Waals surface area contributed by atoms with Crippen molar-refractivity contribution in [2.75, 3.05) is 6.61 Å². The minimum atomic E-state index is -0.954. The first-order chi connectivity index (χ1) is 11.7. The lowest BCUT2D eigenvalue weighted by atomic mass is 9.95. The van der Waals surface area contributed by atoms with Crippen molar-refractivity contribution in [3.05, 3.63) is 42.2 Å². The van der Waals surface area contributed by atoms with Crippen molar-refractivity contribution in [2.45, 2.75) is 46.4 Å². The molecule has 1 rings (SSSR count). The number of nitrogens with one attached hydrogen (secondary N) is 2. The van der Waals surface area contributed by atoms with Crippen LogP contribution in [-0.2, 0) is 16.1 Å². The molecule has 2 amide bonds. The van der Waals surface area contributed by atoms with Crippen LogP contribution >= 0.6 is 0 Å². The highest BCUT2D eigenvalue weighted by Gasteiger charge is 2.27. The van der Waals surface area contributed by atoms with E-state index < -0.39 is 23.7 Å². The number of pyridine rings is 1. The topological polar surface area (TPSA) is 101 Å². The SMILES string of the molecule is C/C=C/[C@@H](O)[C@H](COC(=O)NCc1ccncc1)NC(=O)C(C)(C)C. The predicted octanol–water partition coefficient (Wildman–Crippen LogP) is 1.78. The molecule has 3 N–H and O–H groups in total. The van der Waals surface area contributed by atoms with Crippen LogP contribution in [0, 0.1) is 5.41 Å². The van der Waals surface area contributed by atoms with E-state index in [-0.39, 0.29) is 12.5 Å². The lowest BCUT2D eigenvalue weighted by molar-refractivity contribution is -0.130. The number of aromatic nitrogens is 1. The molecular formula is C18H27N3O4. The third-order valence-electron chi connectivity index (χ3n) is 3.38. The highest BCUT2D eigenvalue weighted by atomic mass is 16.5. The fourth-order valence-electron chi connectivity index (χ4n) is 1.83. The van der Waals surface area contributed by atoms with Gasteiger partial charge in [0.05, 0.1) is 12.1 Å². The van der Waals surface area contributed by atoms with Gasteiger partial charge in [-0.25, -0.2) is 4.79 Å². The van der Waals surface area contributed by atoms with Crippen LogP contribution in [0.1, 0.15) is 33.3 Å². The number of aliphatic hydroxyl groups excluding tert-OH is 1. The first kappa shape index (κ1) is 20.6. The van der Waals surface area contributed by atoms with Crippen molar-refractivity contribution in [1.29, 1.82) is 0 Å². The van der Waals surface area contributed by atoms with Crippen molar-refractivity contribution < 1.29 is 19.4 Å². The number of carbonyl (C=O) groups is 2. The van der Waals surface area contributed by atoms with Crippen molar-refractivity contribution in [2.24, 2.45) is 5.41 Å². The summed E-state index contributed by atoms with van der Waals surface area (Å²) in [5.74, 6) is -0.234. The van der Waals surface area contributed by atoms with Crippen LogP contribution < -0.4 is 10.6 Å². The highest BCUT2D eigenvalue weighted by Crippen LogP contribution is 2.13. The monoisotopic (exact) mass is 349 g/mol. The Labute approximate surface area is 148 Å². The van der Waals surface area contributed by atoms with Gasteiger partial charge in [-0.2, -0.15) is 0 Å². The predicted molar refractivity (Wildman–Crippen MR) is 94.6 cm³/mol. The minimum absolute atomic E-state index is 0.143. The number of aliphatic hydroxyl groups is 1. The summed E-state index contributed by atoms with van der Waals surface area (Å²) in [5, 5.41) is 15.4. The number of allylic oxidation sites excluding steroid dienone is 1. The van der Waals surface area contributed by atoms with Gasteiger partial charge in [0.15, 0.2) is 0 Å². The van der Waals surface area contributed by atoms with Gasteiger partial charge < -0.3 is 20.5 Å². The summed E-state index contributed by atoms with van der Waals surface area (Å²) in [7, 11) is 0. The zero-order chi connectivity index (χ0) is 18.9. The summed E-state index contributed by atoms with van der Waals surface area (Å²) in [6.45, 7) is 7.22. The fourth-order valence-corrected chi connectivity index (χ4v) is 1.83. The summed E-state index contributed by atoms with van der Waals surface area (Å²) in [4.78, 5) is 27.9. The van der Waals surface area contributed by atoms with Crippen LogP contribution in [0.5, 0.6) is 0 Å². The molecule has 0 fully saturated rings. The lowest BCUT2D eigenvalue weighted by Crippen LogP contribution is -2.50. The van der Waals surface area contributed by atoms with E-state index in [4.69, 9.17) is 4.74 Å². The van der Waals surface area contributed by atoms with Gasteiger partial charge in [0, 0.05) is 24.4 Å². The lowest BCUT2D eigenvalue weighted by Gasteiger charge is -2.26. The van der Waals surface area contributed by atoms with Crippen LogP contribution in [0.25, 0.3) is 0 Å². The molecular weight excluding hydrogens is 322 g/mol. The molecule has 0 aliphatic carbocycles. The molecule has 0 spiro atoms. The van der Waals surface area contributed by atoms with E-state index in [2.05, 4.69) is 15.6 Å². The fraction of sp³-hybridized carbons (Fsp3) is 0.500. The Hall–Kier alpha value is -2.41. The summed E-state index contributed by atoms with van der Waals surface area (Å²) < 4.78 is 5.13. The van der Waals surface area contributed by atoms with E-state index in [9.17, 15) is 14.7 Å². The van der Waals surface area contributed by atoms with Gasteiger partial charge in [0.25, 0.3) is 0 Å². The number of rotatable bonds is 7. The first-order valence-corrected chi connectivity index (χ1v) is 8.15. The maximum atomic E-state index is 12.1. The Kier molecular flexibility index (Phi) is 8.07. The highest BCUT2D eigenvalue weighted by molar-refractivity contribution is 5.81. The second-order valence-electron chi connectivity index (χ2n) is 6.65. The van der Waals surface area contributed by atoms with Crippen molar-refractivity contribution >= 4 is 12.0 Å². The molecule has 0 aromatic carbocycles. The molecule has 25 heavy (non-hydrogen) atoms. The third kappa shape index (κ3) is 7.80. The van der Waals surface area contributed by atoms with Crippen LogP contribution in [-0.4, -0.2) is 40.8 Å². The largest absolute Gasteiger partial charge is 0.447 e. The molecule has 0 saturated heterocycles. The molecule has 1 aromatic heterocycles. The van der Waals surface area contributed by atoms with Crippen molar-refractivity contribution in [3.8, 4) is 0 Å². The van der Waals surface area contributed by atoms with E-state index in [1.54, 1.807) is 58.3 Å². The number of hydrogen-bond donors (Lipinski definition) is 3. The Balaban J connectivity index is 2.56. The summed E-state index contributed by atoms with van der Waals surface area (Å²) in [6, 6.07) is 2.83. The standard InChI is InChI=1S/C18H27N3O4/c1-5-6-15(22)14(21-16(23)18(2,3)4)12-25-17(24)20-11-13-7-9-19-10-8-13/h5-10,14-15,22H,11-12H2,1-4H3,(H,20,24)(H,21,23)/b6-5+/t14-,15+/m0/s1. The van der Waals surface area contributed by atoms with E-state index in [0.717, 1.165) is 5.56 Å². The molecule has 0 bridgehead atoms. The van der Waals surface area contributed by atoms with E-state index in [1.165, 1.54) is 6.08 Å². The van der Waals surface area contributed by atoms with Gasteiger partial charge in [-0.05, 0) is 24.6 Å². The van der Waals surface area contributed by atoms with Gasteiger partial charge in [0.1, 0.15) is 6.61 Å². The van der Waals surface area contributed by atoms with Gasteiger partial charge in [0.2, 0.25) is 5.91 Å². The normalized spacial score (nSPS) is 14.0. The number of hydrogen-bond acceptors (Lipinski definition) is 5. The van der Waals surface area contributed by atoms with Gasteiger partial charge >= 0.3 is 6.09 Å². The summed E-state index contributed by atoms with van der Waals surface area (Å²) >= 11 is 0. The van der Waals surface area contributed by atoms with Gasteiger partial charge in [-0.15, -0.1) is 0 Å². The Morgan fingerprint density at radius 3 is 2.52 bits per heavy atom. The first-order valence-electron chi connectivity index (χ1n) is 8.15. The summed E-state index contributed by atoms with van der Waals surface area (Å²) in [6.07, 6.45) is 4.89. The summed E-state index contributed by atoms with van der Waals surface area (Å²) in [5.41, 5.74) is 0.274. The van der Waals surface area contributed by atoms with Crippen molar-refractivity contribution in [3.63, 3.8) is 0 Å². The Morgan fingerprint density at radius 2 is 1.96 bits per heavy atom. The minimum Gasteiger partial charge on any atom is -0.447 e. The molecule has 7 nitrogen and oxygen atoms in total. The molecule has 1 aromatic rings. The molecule has 0 aliphatic heterocycles. The maximum absolute atomic E-state index is 12.1. The quantitative estimate of drug-likeness (QED) is 0.652. The number of ether oxygens (including phenoxy) is 1. The van der Waals surface area contributed by atoms with Crippen LogP contribution in [0.2, 0.25) is 0 Å². The van der Waals surface area contributed by atoms with Crippen molar-refractivity contribution in [1.82, 2.24) is 15.6 Å².